The topological polar surface area (TPSA) is 72.1 Å². The molecule has 0 N–H and O–H groups in total. The number of amides is 1. The van der Waals surface area contributed by atoms with Crippen molar-refractivity contribution in [3.63, 3.8) is 0 Å². The summed E-state index contributed by atoms with van der Waals surface area (Å²) in [6.07, 6.45) is 6.38. The Morgan fingerprint density at radius 1 is 1.28 bits per heavy atom. The number of carbonyl (C=O) groups excluding carboxylic acids is 1. The van der Waals surface area contributed by atoms with Crippen molar-refractivity contribution in [1.29, 1.82) is 0 Å². The Morgan fingerprint density at radius 3 is 2.97 bits per heavy atom. The van der Waals surface area contributed by atoms with Crippen LogP contribution >= 0.6 is 11.8 Å². The molecule has 0 saturated carbocycles. The van der Waals surface area contributed by atoms with E-state index in [0.717, 1.165) is 35.5 Å². The lowest BCUT2D eigenvalue weighted by atomic mass is 9.94. The van der Waals surface area contributed by atoms with Gasteiger partial charge in [0, 0.05) is 31.3 Å². The largest absolute Gasteiger partial charge is 0.339 e. The number of hydrogen-bond acceptors (Lipinski definition) is 6. The zero-order chi connectivity index (χ0) is 20.2. The van der Waals surface area contributed by atoms with E-state index in [1.807, 2.05) is 54.5 Å². The molecule has 0 radical (unpaired) electrons. The van der Waals surface area contributed by atoms with Crippen molar-refractivity contribution >= 4 is 17.7 Å². The first-order valence-electron chi connectivity index (χ1n) is 9.82. The maximum Gasteiger partial charge on any atom is 0.256 e. The fraction of sp³-hybridized carbons (Fsp3) is 0.364. The first-order chi connectivity index (χ1) is 14.2. The van der Waals surface area contributed by atoms with Crippen LogP contribution in [0.2, 0.25) is 0 Å². The fourth-order valence-electron chi connectivity index (χ4n) is 3.82. The summed E-state index contributed by atoms with van der Waals surface area (Å²) in [6, 6.07) is 11.7. The molecule has 0 bridgehead atoms. The van der Waals surface area contributed by atoms with Crippen LogP contribution in [0.25, 0.3) is 11.4 Å². The summed E-state index contributed by atoms with van der Waals surface area (Å²) in [5, 5.41) is 4.94. The summed E-state index contributed by atoms with van der Waals surface area (Å²) in [5.41, 5.74) is 2.79. The summed E-state index contributed by atoms with van der Waals surface area (Å²) >= 11 is 1.50. The molecule has 0 aliphatic carbocycles. The minimum Gasteiger partial charge on any atom is -0.339 e. The van der Waals surface area contributed by atoms with Gasteiger partial charge in [0.25, 0.3) is 5.91 Å². The number of pyridine rings is 1. The van der Waals surface area contributed by atoms with E-state index in [9.17, 15) is 4.79 Å². The lowest BCUT2D eigenvalue weighted by Gasteiger charge is -2.32. The molecule has 1 saturated heterocycles. The number of benzene rings is 1. The monoisotopic (exact) mass is 408 g/mol. The molecule has 1 aliphatic rings. The van der Waals surface area contributed by atoms with E-state index in [1.54, 1.807) is 6.20 Å². The predicted octanol–water partition coefficient (Wildman–Crippen LogP) is 4.26. The third-order valence-corrected chi connectivity index (χ3v) is 6.03. The first-order valence-corrected chi connectivity index (χ1v) is 11.0. The van der Waals surface area contributed by atoms with Gasteiger partial charge in [-0.1, -0.05) is 29.4 Å². The number of thioether (sulfide) groups is 1. The minimum atomic E-state index is 0.0540. The van der Waals surface area contributed by atoms with Crippen molar-refractivity contribution in [3.05, 3.63) is 59.6 Å². The van der Waals surface area contributed by atoms with E-state index < -0.39 is 0 Å². The Labute approximate surface area is 174 Å². The van der Waals surface area contributed by atoms with Gasteiger partial charge in [0.2, 0.25) is 11.7 Å². The normalized spacial score (nSPS) is 16.8. The predicted molar refractivity (Wildman–Crippen MR) is 113 cm³/mol. The van der Waals surface area contributed by atoms with Gasteiger partial charge in [0.05, 0.1) is 5.56 Å². The van der Waals surface area contributed by atoms with Crippen LogP contribution in [0.1, 0.15) is 34.7 Å². The quantitative estimate of drug-likeness (QED) is 0.588. The molecule has 1 fully saturated rings. The molecule has 1 atom stereocenters. The molecule has 7 heteroatoms. The molecule has 0 spiro atoms. The minimum absolute atomic E-state index is 0.0540. The third-order valence-electron chi connectivity index (χ3n) is 5.32. The van der Waals surface area contributed by atoms with Gasteiger partial charge in [-0.15, -0.1) is 11.8 Å². The molecule has 150 valence electrons. The number of likely N-dealkylation sites (tertiary alicyclic amines) is 1. The van der Waals surface area contributed by atoms with E-state index in [1.165, 1.54) is 11.8 Å². The highest BCUT2D eigenvalue weighted by Crippen LogP contribution is 2.26. The summed E-state index contributed by atoms with van der Waals surface area (Å²) in [6.45, 7) is 3.51. The maximum absolute atomic E-state index is 13.0. The Bertz CT molecular complexity index is 1000. The van der Waals surface area contributed by atoms with Gasteiger partial charge in [-0.3, -0.25) is 4.79 Å². The Kier molecular flexibility index (Phi) is 5.94. The van der Waals surface area contributed by atoms with Gasteiger partial charge in [0.15, 0.2) is 0 Å². The van der Waals surface area contributed by atoms with Gasteiger partial charge >= 0.3 is 0 Å². The van der Waals surface area contributed by atoms with E-state index in [-0.39, 0.29) is 5.91 Å². The van der Waals surface area contributed by atoms with Crippen molar-refractivity contribution in [2.24, 2.45) is 5.92 Å². The molecule has 2 aromatic heterocycles. The molecule has 29 heavy (non-hydrogen) atoms. The molecule has 0 unspecified atom stereocenters. The van der Waals surface area contributed by atoms with E-state index in [0.29, 0.717) is 36.2 Å². The third kappa shape index (κ3) is 4.34. The number of carbonyl (C=O) groups is 1. The van der Waals surface area contributed by atoms with Crippen LogP contribution < -0.4 is 0 Å². The van der Waals surface area contributed by atoms with Crippen LogP contribution in [0.5, 0.6) is 0 Å². The molecule has 4 rings (SSSR count). The zero-order valence-corrected chi connectivity index (χ0v) is 17.5. The van der Waals surface area contributed by atoms with Crippen LogP contribution in [0.3, 0.4) is 0 Å². The number of aromatic nitrogens is 3. The highest BCUT2D eigenvalue weighted by atomic mass is 32.2. The van der Waals surface area contributed by atoms with Gasteiger partial charge in [0.1, 0.15) is 5.03 Å². The van der Waals surface area contributed by atoms with Crippen LogP contribution in [-0.4, -0.2) is 45.3 Å². The summed E-state index contributed by atoms with van der Waals surface area (Å²) < 4.78 is 5.52. The Hall–Kier alpha value is -2.67. The van der Waals surface area contributed by atoms with E-state index >= 15 is 0 Å². The van der Waals surface area contributed by atoms with Crippen LogP contribution in [0.15, 0.2) is 52.1 Å². The summed E-state index contributed by atoms with van der Waals surface area (Å²) in [5.74, 6) is 1.63. The number of aryl methyl sites for hydroxylation is 1. The molecule has 3 aromatic rings. The number of piperidine rings is 1. The first kappa shape index (κ1) is 19.6. The second-order valence-corrected chi connectivity index (χ2v) is 8.15. The van der Waals surface area contributed by atoms with Gasteiger partial charge < -0.3 is 9.42 Å². The van der Waals surface area contributed by atoms with Crippen LogP contribution in [0.4, 0.5) is 0 Å². The lowest BCUT2D eigenvalue weighted by Crippen LogP contribution is -2.40. The average Bonchev–Trinajstić information content (AvgIpc) is 3.22. The average molecular weight is 409 g/mol. The van der Waals surface area contributed by atoms with E-state index in [2.05, 4.69) is 15.1 Å². The molecule has 6 nitrogen and oxygen atoms in total. The number of rotatable bonds is 5. The van der Waals surface area contributed by atoms with Crippen molar-refractivity contribution in [3.8, 4) is 11.4 Å². The van der Waals surface area contributed by atoms with Crippen molar-refractivity contribution < 1.29 is 9.32 Å². The Balaban J connectivity index is 1.44. The Morgan fingerprint density at radius 2 is 2.14 bits per heavy atom. The molecule has 1 amide bonds. The van der Waals surface area contributed by atoms with Crippen LogP contribution in [0, 0.1) is 12.8 Å². The zero-order valence-electron chi connectivity index (χ0n) is 16.7. The van der Waals surface area contributed by atoms with Gasteiger partial charge in [-0.05, 0) is 49.6 Å². The fourth-order valence-corrected chi connectivity index (χ4v) is 4.36. The second-order valence-electron chi connectivity index (χ2n) is 7.35. The smallest absolute Gasteiger partial charge is 0.256 e. The van der Waals surface area contributed by atoms with Crippen LogP contribution in [-0.2, 0) is 6.42 Å². The lowest BCUT2D eigenvalue weighted by molar-refractivity contribution is 0.0664. The molecular formula is C22H24N4O2S. The molecular weight excluding hydrogens is 384 g/mol. The second kappa shape index (κ2) is 8.78. The van der Waals surface area contributed by atoms with Gasteiger partial charge in [-0.2, -0.15) is 4.98 Å². The summed E-state index contributed by atoms with van der Waals surface area (Å²) in [7, 11) is 0. The highest BCUT2D eigenvalue weighted by Gasteiger charge is 2.27. The molecule has 1 aromatic carbocycles. The SMILES string of the molecule is CSc1ncccc1C(=O)N1CCC[C@@H](Cc2nc(-c3ccccc3C)no2)C1. The molecule has 3 heterocycles. The van der Waals surface area contributed by atoms with Gasteiger partial charge in [-0.25, -0.2) is 4.98 Å². The van der Waals surface area contributed by atoms with Crippen molar-refractivity contribution in [2.45, 2.75) is 31.2 Å². The van der Waals surface area contributed by atoms with E-state index in [4.69, 9.17) is 4.52 Å². The highest BCUT2D eigenvalue weighted by molar-refractivity contribution is 7.98. The standard InChI is InChI=1S/C22H24N4O2S/c1-15-7-3-4-9-17(15)20-24-19(28-25-20)13-16-8-6-12-26(14-16)22(27)18-10-5-11-23-21(18)29-2/h3-5,7,9-11,16H,6,8,12-14H2,1-2H3/t16-/m0/s1. The van der Waals surface area contributed by atoms with Crippen molar-refractivity contribution in [2.75, 3.05) is 19.3 Å². The summed E-state index contributed by atoms with van der Waals surface area (Å²) in [4.78, 5) is 23.9. The number of nitrogens with zero attached hydrogens (tertiary/aromatic N) is 4. The number of hydrogen-bond donors (Lipinski definition) is 0. The molecule has 1 aliphatic heterocycles. The van der Waals surface area contributed by atoms with Crippen molar-refractivity contribution in [1.82, 2.24) is 20.0 Å². The maximum atomic E-state index is 13.0.